The zero-order chi connectivity index (χ0) is 15.6. The van der Waals surface area contributed by atoms with E-state index in [-0.39, 0.29) is 22.6 Å². The van der Waals surface area contributed by atoms with Crippen LogP contribution >= 0.6 is 11.6 Å². The van der Waals surface area contributed by atoms with Crippen LogP contribution in [0.1, 0.15) is 31.2 Å². The SMILES string of the molecule is Cc1cc(Cl)c(N)cc1S(=O)(=O)NCC1CCC(O)CC1. The fourth-order valence-corrected chi connectivity index (χ4v) is 4.21. The van der Waals surface area contributed by atoms with Gasteiger partial charge in [-0.25, -0.2) is 13.1 Å². The molecule has 1 aromatic rings. The minimum absolute atomic E-state index is 0.167. The Bertz CT molecular complexity index is 611. The number of benzene rings is 1. The third kappa shape index (κ3) is 4.10. The van der Waals surface area contributed by atoms with Crippen molar-refractivity contribution < 1.29 is 13.5 Å². The van der Waals surface area contributed by atoms with E-state index in [1.54, 1.807) is 13.0 Å². The van der Waals surface area contributed by atoms with E-state index in [2.05, 4.69) is 4.72 Å². The number of aliphatic hydroxyl groups is 1. The summed E-state index contributed by atoms with van der Waals surface area (Å²) in [5.74, 6) is 0.271. The number of sulfonamides is 1. The first-order valence-corrected chi connectivity index (χ1v) is 8.89. The van der Waals surface area contributed by atoms with E-state index < -0.39 is 10.0 Å². The quantitative estimate of drug-likeness (QED) is 0.736. The lowest BCUT2D eigenvalue weighted by Crippen LogP contribution is -2.32. The predicted octanol–water partition coefficient (Wildman–Crippen LogP) is 2.06. The van der Waals surface area contributed by atoms with Crippen molar-refractivity contribution in [2.75, 3.05) is 12.3 Å². The number of hydrogen-bond acceptors (Lipinski definition) is 4. The zero-order valence-corrected chi connectivity index (χ0v) is 13.5. The number of halogens is 1. The Labute approximate surface area is 130 Å². The van der Waals surface area contributed by atoms with E-state index in [9.17, 15) is 13.5 Å². The molecule has 0 atom stereocenters. The lowest BCUT2D eigenvalue weighted by atomic mass is 9.88. The highest BCUT2D eigenvalue weighted by molar-refractivity contribution is 7.89. The fourth-order valence-electron chi connectivity index (χ4n) is 2.61. The average Bonchev–Trinajstić information content (AvgIpc) is 2.42. The van der Waals surface area contributed by atoms with E-state index in [4.69, 9.17) is 17.3 Å². The Morgan fingerprint density at radius 1 is 1.33 bits per heavy atom. The highest BCUT2D eigenvalue weighted by Crippen LogP contribution is 2.27. The molecule has 0 spiro atoms. The molecule has 0 bridgehead atoms. The number of hydrogen-bond donors (Lipinski definition) is 3. The largest absolute Gasteiger partial charge is 0.397 e. The summed E-state index contributed by atoms with van der Waals surface area (Å²) in [7, 11) is -3.59. The molecule has 1 saturated carbocycles. The van der Waals surface area contributed by atoms with E-state index in [0.29, 0.717) is 17.1 Å². The van der Waals surface area contributed by atoms with Gasteiger partial charge in [0.25, 0.3) is 0 Å². The molecule has 0 amide bonds. The Kier molecular flexibility index (Phi) is 5.14. The minimum Gasteiger partial charge on any atom is -0.397 e. The third-order valence-electron chi connectivity index (χ3n) is 3.96. The van der Waals surface area contributed by atoms with Gasteiger partial charge in [0.1, 0.15) is 0 Å². The molecule has 0 unspecified atom stereocenters. The van der Waals surface area contributed by atoms with Crippen LogP contribution in [0, 0.1) is 12.8 Å². The second kappa shape index (κ2) is 6.52. The minimum atomic E-state index is -3.59. The molecule has 7 heteroatoms. The predicted molar refractivity (Wildman–Crippen MR) is 83.8 cm³/mol. The molecule has 1 aromatic carbocycles. The molecule has 1 fully saturated rings. The van der Waals surface area contributed by atoms with Gasteiger partial charge in [0.15, 0.2) is 0 Å². The number of nitrogens with two attached hydrogens (primary N) is 1. The van der Waals surface area contributed by atoms with E-state index >= 15 is 0 Å². The molecule has 4 N–H and O–H groups in total. The summed E-state index contributed by atoms with van der Waals surface area (Å²) in [6.07, 6.45) is 2.91. The number of aliphatic hydroxyl groups excluding tert-OH is 1. The normalized spacial score (nSPS) is 23.2. The molecule has 0 radical (unpaired) electrons. The first-order valence-electron chi connectivity index (χ1n) is 7.03. The van der Waals surface area contributed by atoms with Crippen molar-refractivity contribution in [3.05, 3.63) is 22.7 Å². The van der Waals surface area contributed by atoms with Gasteiger partial charge >= 0.3 is 0 Å². The molecular formula is C14H21ClN2O3S. The summed E-state index contributed by atoms with van der Waals surface area (Å²) in [5.41, 5.74) is 6.51. The standard InChI is InChI=1S/C14H21ClN2O3S/c1-9-6-12(15)13(16)7-14(9)21(19,20)17-8-10-2-4-11(18)5-3-10/h6-7,10-11,17-18H,2-5,8,16H2,1H3. The molecule has 5 nitrogen and oxygen atoms in total. The van der Waals surface area contributed by atoms with Crippen molar-refractivity contribution in [1.29, 1.82) is 0 Å². The molecular weight excluding hydrogens is 312 g/mol. The van der Waals surface area contributed by atoms with Crippen molar-refractivity contribution in [3.63, 3.8) is 0 Å². The topological polar surface area (TPSA) is 92.4 Å². The van der Waals surface area contributed by atoms with E-state index in [1.165, 1.54) is 6.07 Å². The highest BCUT2D eigenvalue weighted by Gasteiger charge is 2.23. The van der Waals surface area contributed by atoms with Gasteiger partial charge in [0.05, 0.1) is 21.7 Å². The number of anilines is 1. The first kappa shape index (κ1) is 16.5. The van der Waals surface area contributed by atoms with Crippen LogP contribution in [-0.2, 0) is 10.0 Å². The smallest absolute Gasteiger partial charge is 0.240 e. The van der Waals surface area contributed by atoms with Crippen molar-refractivity contribution in [3.8, 4) is 0 Å². The van der Waals surface area contributed by atoms with Crippen LogP contribution in [0.2, 0.25) is 5.02 Å². The van der Waals surface area contributed by atoms with Crippen LogP contribution < -0.4 is 10.5 Å². The lowest BCUT2D eigenvalue weighted by Gasteiger charge is -2.25. The van der Waals surface area contributed by atoms with Crippen LogP contribution in [0.5, 0.6) is 0 Å². The maximum absolute atomic E-state index is 12.4. The maximum atomic E-state index is 12.4. The summed E-state index contributed by atoms with van der Waals surface area (Å²) in [6, 6.07) is 2.95. The average molecular weight is 333 g/mol. The number of rotatable bonds is 4. The first-order chi connectivity index (χ1) is 9.79. The van der Waals surface area contributed by atoms with Gasteiger partial charge in [-0.3, -0.25) is 0 Å². The second-order valence-corrected chi connectivity index (χ2v) is 7.81. The Hall–Kier alpha value is -0.820. The molecule has 0 aliphatic heterocycles. The van der Waals surface area contributed by atoms with Crippen LogP contribution in [0.4, 0.5) is 5.69 Å². The number of nitrogens with one attached hydrogen (secondary N) is 1. The molecule has 2 rings (SSSR count). The van der Waals surface area contributed by atoms with Gasteiger partial charge in [0.2, 0.25) is 10.0 Å². The number of aryl methyl sites for hydroxylation is 1. The summed E-state index contributed by atoms with van der Waals surface area (Å²) in [6.45, 7) is 2.08. The lowest BCUT2D eigenvalue weighted by molar-refractivity contribution is 0.109. The summed E-state index contributed by atoms with van der Waals surface area (Å²) >= 11 is 5.88. The zero-order valence-electron chi connectivity index (χ0n) is 12.0. The van der Waals surface area contributed by atoms with Crippen LogP contribution in [0.15, 0.2) is 17.0 Å². The van der Waals surface area contributed by atoms with Gasteiger partial charge in [-0.2, -0.15) is 0 Å². The molecule has 1 aliphatic rings. The van der Waals surface area contributed by atoms with Crippen molar-refractivity contribution in [2.24, 2.45) is 5.92 Å². The molecule has 0 saturated heterocycles. The molecule has 21 heavy (non-hydrogen) atoms. The van der Waals surface area contributed by atoms with E-state index in [0.717, 1.165) is 25.7 Å². The van der Waals surface area contributed by atoms with Gasteiger partial charge in [-0.05, 0) is 56.2 Å². The summed E-state index contributed by atoms with van der Waals surface area (Å²) < 4.78 is 27.4. The summed E-state index contributed by atoms with van der Waals surface area (Å²) in [5, 5.41) is 9.82. The Morgan fingerprint density at radius 3 is 2.57 bits per heavy atom. The second-order valence-electron chi connectivity index (χ2n) is 5.67. The molecule has 1 aliphatic carbocycles. The Balaban J connectivity index is 2.07. The van der Waals surface area contributed by atoms with Crippen LogP contribution in [-0.4, -0.2) is 26.2 Å². The van der Waals surface area contributed by atoms with Crippen molar-refractivity contribution in [2.45, 2.75) is 43.6 Å². The van der Waals surface area contributed by atoms with Gasteiger partial charge in [-0.15, -0.1) is 0 Å². The van der Waals surface area contributed by atoms with E-state index in [1.807, 2.05) is 0 Å². The molecule has 118 valence electrons. The molecule has 0 heterocycles. The van der Waals surface area contributed by atoms with Crippen molar-refractivity contribution >= 4 is 27.3 Å². The maximum Gasteiger partial charge on any atom is 0.240 e. The monoisotopic (exact) mass is 332 g/mol. The Morgan fingerprint density at radius 2 is 1.95 bits per heavy atom. The van der Waals surface area contributed by atoms with Gasteiger partial charge < -0.3 is 10.8 Å². The van der Waals surface area contributed by atoms with Crippen LogP contribution in [0.3, 0.4) is 0 Å². The van der Waals surface area contributed by atoms with Crippen LogP contribution in [0.25, 0.3) is 0 Å². The summed E-state index contributed by atoms with van der Waals surface area (Å²) in [4.78, 5) is 0.167. The third-order valence-corrected chi connectivity index (χ3v) is 5.85. The van der Waals surface area contributed by atoms with Gasteiger partial charge in [-0.1, -0.05) is 11.6 Å². The number of nitrogen functional groups attached to an aromatic ring is 1. The van der Waals surface area contributed by atoms with Gasteiger partial charge in [0, 0.05) is 6.54 Å². The van der Waals surface area contributed by atoms with Crippen molar-refractivity contribution in [1.82, 2.24) is 4.72 Å². The fraction of sp³-hybridized carbons (Fsp3) is 0.571. The highest BCUT2D eigenvalue weighted by atomic mass is 35.5. The molecule has 0 aromatic heterocycles.